The van der Waals surface area contributed by atoms with E-state index in [9.17, 15) is 18.0 Å². The number of nitrogens with one attached hydrogen (secondary N) is 1. The molecule has 1 amide bonds. The number of rotatable bonds is 5. The van der Waals surface area contributed by atoms with Gasteiger partial charge in [-0.05, 0) is 18.1 Å². The van der Waals surface area contributed by atoms with Gasteiger partial charge in [-0.2, -0.15) is 13.2 Å². The molecule has 0 spiro atoms. The molecule has 1 fully saturated rings. The van der Waals surface area contributed by atoms with E-state index in [2.05, 4.69) is 16.0 Å². The summed E-state index contributed by atoms with van der Waals surface area (Å²) in [5.74, 6) is -2.01. The van der Waals surface area contributed by atoms with Gasteiger partial charge in [0.1, 0.15) is 6.61 Å². The normalized spacial score (nSPS) is 16.6. The van der Waals surface area contributed by atoms with Crippen LogP contribution in [0.5, 0.6) is 5.88 Å². The molecule has 0 aromatic carbocycles. The third-order valence-electron chi connectivity index (χ3n) is 5.45. The van der Waals surface area contributed by atoms with Gasteiger partial charge in [-0.1, -0.05) is 6.07 Å². The fourth-order valence-corrected chi connectivity index (χ4v) is 3.59. The van der Waals surface area contributed by atoms with Gasteiger partial charge in [0.2, 0.25) is 5.88 Å². The van der Waals surface area contributed by atoms with Crippen molar-refractivity contribution in [2.45, 2.75) is 19.0 Å². The lowest BCUT2D eigenvalue weighted by molar-refractivity contribution is -0.192. The predicted octanol–water partition coefficient (Wildman–Crippen LogP) is 1.99. The zero-order valence-electron chi connectivity index (χ0n) is 18.5. The number of carboxylic acids is 1. The van der Waals surface area contributed by atoms with Crippen molar-refractivity contribution in [1.82, 2.24) is 19.8 Å². The number of carboxylic acid groups (broad SMARTS) is 1. The summed E-state index contributed by atoms with van der Waals surface area (Å²) in [5.41, 5.74) is 2.96. The summed E-state index contributed by atoms with van der Waals surface area (Å²) in [7, 11) is 0. The molecular formula is C22H27F3N4O5. The molecule has 2 aromatic rings. The Kier molecular flexibility index (Phi) is 8.88. The Hall–Kier alpha value is -3.12. The molecule has 12 heteroatoms. The minimum Gasteiger partial charge on any atom is -0.476 e. The maximum absolute atomic E-state index is 12.6. The summed E-state index contributed by atoms with van der Waals surface area (Å²) < 4.78 is 43.0. The Morgan fingerprint density at radius 2 is 1.82 bits per heavy atom. The molecule has 0 atom stereocenters. The number of aromatic nitrogens is 2. The van der Waals surface area contributed by atoms with Crippen LogP contribution in [-0.4, -0.2) is 95.5 Å². The van der Waals surface area contributed by atoms with E-state index in [-0.39, 0.29) is 5.91 Å². The molecule has 0 radical (unpaired) electrons. The molecule has 2 aliphatic heterocycles. The number of carbonyl (C=O) groups excluding carboxylic acids is 1. The topological polar surface area (TPSA) is 108 Å². The van der Waals surface area contributed by atoms with Crippen LogP contribution in [0.15, 0.2) is 30.6 Å². The number of nitrogens with zero attached hydrogens (tertiary/aromatic N) is 3. The lowest BCUT2D eigenvalue weighted by Crippen LogP contribution is -2.38. The highest BCUT2D eigenvalue weighted by Crippen LogP contribution is 2.19. The number of aliphatic carboxylic acids is 1. The van der Waals surface area contributed by atoms with E-state index < -0.39 is 12.1 Å². The van der Waals surface area contributed by atoms with Gasteiger partial charge in [0.15, 0.2) is 0 Å². The average Bonchev–Trinajstić information content (AvgIpc) is 3.27. The Balaban J connectivity index is 0.000000406. The Bertz CT molecular complexity index is 947. The number of alkyl halides is 3. The van der Waals surface area contributed by atoms with Gasteiger partial charge >= 0.3 is 12.1 Å². The highest BCUT2D eigenvalue weighted by atomic mass is 19.4. The third kappa shape index (κ3) is 7.45. The van der Waals surface area contributed by atoms with E-state index in [1.54, 1.807) is 12.4 Å². The maximum atomic E-state index is 12.6. The summed E-state index contributed by atoms with van der Waals surface area (Å²) in [6.07, 6.45) is 0.0274. The number of pyridine rings is 1. The van der Waals surface area contributed by atoms with Crippen LogP contribution in [0, 0.1) is 0 Å². The second-order valence-corrected chi connectivity index (χ2v) is 7.75. The number of fused-ring (bicyclic) bond motifs is 1. The monoisotopic (exact) mass is 484 g/mol. The van der Waals surface area contributed by atoms with Crippen molar-refractivity contribution in [3.05, 3.63) is 47.4 Å². The molecule has 9 nitrogen and oxygen atoms in total. The first kappa shape index (κ1) is 25.5. The zero-order valence-corrected chi connectivity index (χ0v) is 18.5. The Labute approximate surface area is 194 Å². The molecule has 0 unspecified atom stereocenters. The van der Waals surface area contributed by atoms with Gasteiger partial charge < -0.3 is 24.5 Å². The van der Waals surface area contributed by atoms with E-state index in [1.807, 2.05) is 17.0 Å². The maximum Gasteiger partial charge on any atom is 0.490 e. The van der Waals surface area contributed by atoms with Crippen LogP contribution in [-0.2, 0) is 22.4 Å². The van der Waals surface area contributed by atoms with E-state index in [1.165, 1.54) is 5.56 Å². The van der Waals surface area contributed by atoms with Crippen LogP contribution in [0.25, 0.3) is 0 Å². The SMILES string of the molecule is O=C(O)C(F)(F)F.O=C(c1cc[nH]c1)N1CCc2ccc(OCCN3CCOCC3)nc2CC1. The highest BCUT2D eigenvalue weighted by Gasteiger charge is 2.38. The predicted molar refractivity (Wildman–Crippen MR) is 115 cm³/mol. The first-order valence-corrected chi connectivity index (χ1v) is 10.9. The number of carbonyl (C=O) groups is 2. The van der Waals surface area contributed by atoms with Crippen molar-refractivity contribution in [2.75, 3.05) is 52.5 Å². The van der Waals surface area contributed by atoms with Gasteiger partial charge in [-0.25, -0.2) is 9.78 Å². The number of hydrogen-bond donors (Lipinski definition) is 2. The number of ether oxygens (including phenoxy) is 2. The van der Waals surface area contributed by atoms with Crippen molar-refractivity contribution in [3.8, 4) is 5.88 Å². The van der Waals surface area contributed by atoms with Crippen molar-refractivity contribution in [2.24, 2.45) is 0 Å². The molecule has 34 heavy (non-hydrogen) atoms. The molecule has 2 N–H and O–H groups in total. The Morgan fingerprint density at radius 3 is 2.47 bits per heavy atom. The van der Waals surface area contributed by atoms with Crippen LogP contribution in [0.3, 0.4) is 0 Å². The number of amides is 1. The number of hydrogen-bond acceptors (Lipinski definition) is 6. The lowest BCUT2D eigenvalue weighted by Gasteiger charge is -2.26. The summed E-state index contributed by atoms with van der Waals surface area (Å²) >= 11 is 0. The smallest absolute Gasteiger partial charge is 0.476 e. The van der Waals surface area contributed by atoms with Gasteiger partial charge in [0.25, 0.3) is 5.91 Å². The molecule has 0 saturated carbocycles. The summed E-state index contributed by atoms with van der Waals surface area (Å²) in [6, 6.07) is 5.86. The van der Waals surface area contributed by atoms with Crippen LogP contribution in [0.2, 0.25) is 0 Å². The quantitative estimate of drug-likeness (QED) is 0.668. The summed E-state index contributed by atoms with van der Waals surface area (Å²) in [4.78, 5) is 33.4. The Morgan fingerprint density at radius 1 is 1.12 bits per heavy atom. The van der Waals surface area contributed by atoms with E-state index in [4.69, 9.17) is 24.4 Å². The van der Waals surface area contributed by atoms with Gasteiger partial charge in [0.05, 0.1) is 18.8 Å². The van der Waals surface area contributed by atoms with Crippen molar-refractivity contribution in [1.29, 1.82) is 0 Å². The molecule has 0 bridgehead atoms. The fourth-order valence-electron chi connectivity index (χ4n) is 3.59. The molecule has 4 rings (SSSR count). The zero-order chi connectivity index (χ0) is 24.6. The second-order valence-electron chi connectivity index (χ2n) is 7.75. The summed E-state index contributed by atoms with van der Waals surface area (Å²) in [5, 5.41) is 7.12. The van der Waals surface area contributed by atoms with E-state index >= 15 is 0 Å². The molecule has 0 aliphatic carbocycles. The standard InChI is InChI=1S/C20H26N4O3.C2HF3O2/c25-20(17-3-6-21-15-17)24-7-4-16-1-2-19(22-18(16)5-8-24)27-14-11-23-9-12-26-13-10-23;3-2(4,5)1(6)7/h1-3,6,15,21H,4-5,7-14H2;(H,6,7). The van der Waals surface area contributed by atoms with Gasteiger partial charge in [-0.3, -0.25) is 9.69 Å². The number of aromatic amines is 1. The lowest BCUT2D eigenvalue weighted by atomic mass is 10.1. The first-order chi connectivity index (χ1) is 16.2. The molecule has 2 aromatic heterocycles. The van der Waals surface area contributed by atoms with E-state index in [0.29, 0.717) is 24.6 Å². The third-order valence-corrected chi connectivity index (χ3v) is 5.45. The molecular weight excluding hydrogens is 457 g/mol. The fraction of sp³-hybridized carbons (Fsp3) is 0.500. The highest BCUT2D eigenvalue weighted by molar-refractivity contribution is 5.94. The van der Waals surface area contributed by atoms with Gasteiger partial charge in [-0.15, -0.1) is 0 Å². The van der Waals surface area contributed by atoms with Crippen LogP contribution >= 0.6 is 0 Å². The van der Waals surface area contributed by atoms with Crippen molar-refractivity contribution >= 4 is 11.9 Å². The molecule has 1 saturated heterocycles. The van der Waals surface area contributed by atoms with Crippen LogP contribution in [0.1, 0.15) is 21.6 Å². The number of morpholine rings is 1. The molecule has 186 valence electrons. The van der Waals surface area contributed by atoms with Crippen molar-refractivity contribution in [3.63, 3.8) is 0 Å². The second kappa shape index (κ2) is 11.8. The van der Waals surface area contributed by atoms with Crippen LogP contribution < -0.4 is 4.74 Å². The number of H-pyrrole nitrogens is 1. The number of halogens is 3. The minimum atomic E-state index is -5.08. The average molecular weight is 484 g/mol. The molecule has 4 heterocycles. The van der Waals surface area contributed by atoms with Gasteiger partial charge in [0, 0.05) is 63.3 Å². The van der Waals surface area contributed by atoms with E-state index in [0.717, 1.165) is 57.9 Å². The van der Waals surface area contributed by atoms with Crippen LogP contribution in [0.4, 0.5) is 13.2 Å². The first-order valence-electron chi connectivity index (χ1n) is 10.9. The minimum absolute atomic E-state index is 0.0750. The van der Waals surface area contributed by atoms with Crippen molar-refractivity contribution < 1.29 is 37.3 Å². The largest absolute Gasteiger partial charge is 0.490 e. The summed E-state index contributed by atoms with van der Waals surface area (Å²) in [6.45, 7) is 6.45. The molecule has 2 aliphatic rings.